The summed E-state index contributed by atoms with van der Waals surface area (Å²) in [7, 11) is 0. The van der Waals surface area contributed by atoms with E-state index in [2.05, 4.69) is 35.5 Å². The minimum atomic E-state index is 0. The lowest BCUT2D eigenvalue weighted by Crippen LogP contribution is -2.38. The molecule has 156 valence electrons. The number of rotatable bonds is 9. The van der Waals surface area contributed by atoms with Crippen molar-refractivity contribution in [3.63, 3.8) is 0 Å². The number of para-hydroxylation sites is 1. The van der Waals surface area contributed by atoms with E-state index in [9.17, 15) is 0 Å². The molecule has 0 saturated carbocycles. The van der Waals surface area contributed by atoms with Crippen LogP contribution in [0.5, 0.6) is 0 Å². The monoisotopic (exact) mass is 501 g/mol. The van der Waals surface area contributed by atoms with E-state index in [1.807, 2.05) is 18.2 Å². The zero-order chi connectivity index (χ0) is 18.9. The Morgan fingerprint density at radius 3 is 2.89 bits per heavy atom. The third-order valence-corrected chi connectivity index (χ3v) is 4.75. The van der Waals surface area contributed by atoms with Crippen molar-refractivity contribution in [2.75, 3.05) is 32.9 Å². The van der Waals surface area contributed by atoms with Gasteiger partial charge in [0.1, 0.15) is 17.9 Å². The van der Waals surface area contributed by atoms with E-state index in [1.54, 1.807) is 0 Å². The molecular weight excluding hydrogens is 469 g/mol. The summed E-state index contributed by atoms with van der Waals surface area (Å²) in [6.07, 6.45) is 3.50. The molecular formula is C21H32IN3O3. The van der Waals surface area contributed by atoms with E-state index < -0.39 is 0 Å². The lowest BCUT2D eigenvalue weighted by molar-refractivity contribution is 0.0168. The van der Waals surface area contributed by atoms with Crippen LogP contribution in [-0.2, 0) is 16.0 Å². The van der Waals surface area contributed by atoms with Crippen LogP contribution in [0.1, 0.15) is 37.5 Å². The van der Waals surface area contributed by atoms with Gasteiger partial charge in [-0.15, -0.1) is 24.0 Å². The first-order valence-corrected chi connectivity index (χ1v) is 9.96. The second-order valence-electron chi connectivity index (χ2n) is 6.83. The van der Waals surface area contributed by atoms with Crippen molar-refractivity contribution in [1.82, 2.24) is 10.6 Å². The van der Waals surface area contributed by atoms with Gasteiger partial charge >= 0.3 is 0 Å². The molecule has 3 rings (SSSR count). The number of benzene rings is 1. The minimum Gasteiger partial charge on any atom is -0.459 e. The van der Waals surface area contributed by atoms with E-state index in [-0.39, 0.29) is 24.0 Å². The number of nitrogens with one attached hydrogen (secondary N) is 2. The molecule has 2 N–H and O–H groups in total. The molecule has 2 heterocycles. The number of fused-ring (bicyclic) bond motifs is 1. The zero-order valence-electron chi connectivity index (χ0n) is 16.8. The molecule has 1 aliphatic rings. The van der Waals surface area contributed by atoms with Crippen molar-refractivity contribution in [2.24, 2.45) is 4.99 Å². The molecule has 1 aliphatic heterocycles. The van der Waals surface area contributed by atoms with E-state index >= 15 is 0 Å². The fraction of sp³-hybridized carbons (Fsp3) is 0.571. The molecule has 1 aromatic carbocycles. The summed E-state index contributed by atoms with van der Waals surface area (Å²) < 4.78 is 17.2. The Labute approximate surface area is 184 Å². The number of guanidine groups is 1. The van der Waals surface area contributed by atoms with Gasteiger partial charge < -0.3 is 24.5 Å². The summed E-state index contributed by atoms with van der Waals surface area (Å²) in [4.78, 5) is 4.66. The predicted octanol–water partition coefficient (Wildman–Crippen LogP) is 4.00. The summed E-state index contributed by atoms with van der Waals surface area (Å²) >= 11 is 0. The van der Waals surface area contributed by atoms with Crippen LogP contribution >= 0.6 is 24.0 Å². The summed E-state index contributed by atoms with van der Waals surface area (Å²) in [5.74, 6) is 1.71. The maximum Gasteiger partial charge on any atom is 0.191 e. The second-order valence-corrected chi connectivity index (χ2v) is 6.83. The molecule has 1 aromatic heterocycles. The second kappa shape index (κ2) is 12.3. The van der Waals surface area contributed by atoms with Gasteiger partial charge in [-0.05, 0) is 39.2 Å². The highest BCUT2D eigenvalue weighted by Crippen LogP contribution is 2.25. The van der Waals surface area contributed by atoms with Crippen molar-refractivity contribution in [2.45, 2.75) is 45.8 Å². The smallest absolute Gasteiger partial charge is 0.191 e. The molecule has 0 aliphatic carbocycles. The van der Waals surface area contributed by atoms with E-state index in [4.69, 9.17) is 13.9 Å². The Morgan fingerprint density at radius 2 is 2.14 bits per heavy atom. The van der Waals surface area contributed by atoms with Crippen LogP contribution in [0.2, 0.25) is 0 Å². The summed E-state index contributed by atoms with van der Waals surface area (Å²) in [5.41, 5.74) is 2.08. The van der Waals surface area contributed by atoms with E-state index in [0.717, 1.165) is 73.8 Å². The maximum atomic E-state index is 5.94. The van der Waals surface area contributed by atoms with Crippen LogP contribution in [0, 0.1) is 6.92 Å². The molecule has 1 fully saturated rings. The van der Waals surface area contributed by atoms with Crippen molar-refractivity contribution < 1.29 is 13.9 Å². The van der Waals surface area contributed by atoms with Crippen LogP contribution in [0.15, 0.2) is 33.7 Å². The molecule has 2 aromatic rings. The van der Waals surface area contributed by atoms with Crippen LogP contribution in [0.3, 0.4) is 0 Å². The fourth-order valence-corrected chi connectivity index (χ4v) is 3.24. The molecule has 1 unspecified atom stereocenters. The topological polar surface area (TPSA) is 68.0 Å². The maximum absolute atomic E-state index is 5.94. The van der Waals surface area contributed by atoms with Gasteiger partial charge in [0.05, 0.1) is 12.7 Å². The van der Waals surface area contributed by atoms with E-state index in [1.165, 1.54) is 0 Å². The third kappa shape index (κ3) is 6.63. The molecule has 1 atom stereocenters. The molecule has 6 nitrogen and oxygen atoms in total. The molecule has 0 bridgehead atoms. The number of halogens is 1. The first-order valence-electron chi connectivity index (χ1n) is 9.96. The van der Waals surface area contributed by atoms with Gasteiger partial charge in [-0.25, -0.2) is 4.99 Å². The Kier molecular flexibility index (Phi) is 10.1. The Bertz CT molecular complexity index is 742. The summed E-state index contributed by atoms with van der Waals surface area (Å²) in [5, 5.41) is 7.79. The average Bonchev–Trinajstić information content (AvgIpc) is 3.31. The lowest BCUT2D eigenvalue weighted by Gasteiger charge is -2.12. The van der Waals surface area contributed by atoms with Gasteiger partial charge in [0.2, 0.25) is 0 Å². The zero-order valence-corrected chi connectivity index (χ0v) is 19.2. The highest BCUT2D eigenvalue weighted by Gasteiger charge is 2.15. The normalized spacial score (nSPS) is 16.9. The Morgan fingerprint density at radius 1 is 1.29 bits per heavy atom. The first-order chi connectivity index (χ1) is 13.3. The molecule has 1 saturated heterocycles. The predicted molar refractivity (Wildman–Crippen MR) is 124 cm³/mol. The molecule has 0 amide bonds. The lowest BCUT2D eigenvalue weighted by atomic mass is 10.1. The average molecular weight is 501 g/mol. The van der Waals surface area contributed by atoms with Gasteiger partial charge in [0, 0.05) is 37.3 Å². The van der Waals surface area contributed by atoms with Gasteiger partial charge in [-0.3, -0.25) is 0 Å². The molecule has 0 radical (unpaired) electrons. The number of aliphatic imine (C=N–C) groups is 1. The fourth-order valence-electron chi connectivity index (χ4n) is 3.24. The van der Waals surface area contributed by atoms with Crippen molar-refractivity contribution in [3.8, 4) is 0 Å². The minimum absolute atomic E-state index is 0. The largest absolute Gasteiger partial charge is 0.459 e. The van der Waals surface area contributed by atoms with Gasteiger partial charge in [-0.1, -0.05) is 18.2 Å². The van der Waals surface area contributed by atoms with Gasteiger partial charge in [0.25, 0.3) is 0 Å². The highest BCUT2D eigenvalue weighted by atomic mass is 127. The van der Waals surface area contributed by atoms with Gasteiger partial charge in [-0.2, -0.15) is 0 Å². The quantitative estimate of drug-likeness (QED) is 0.235. The van der Waals surface area contributed by atoms with Crippen molar-refractivity contribution >= 4 is 40.9 Å². The summed E-state index contributed by atoms with van der Waals surface area (Å²) in [6, 6.07) is 8.10. The molecule has 28 heavy (non-hydrogen) atoms. The number of furan rings is 1. The number of hydrogen-bond donors (Lipinski definition) is 2. The third-order valence-electron chi connectivity index (χ3n) is 4.75. The number of nitrogens with zero attached hydrogens (tertiary/aromatic N) is 1. The molecule has 7 heteroatoms. The number of aryl methyl sites for hydroxylation is 1. The summed E-state index contributed by atoms with van der Waals surface area (Å²) in [6.45, 7) is 8.62. The van der Waals surface area contributed by atoms with Crippen molar-refractivity contribution in [1.29, 1.82) is 0 Å². The standard InChI is InChI=1S/C21H31N3O3.HI/c1-3-22-21(23-11-7-12-25-15-17-8-6-13-26-17)24-14-20-16(2)18-9-4-5-10-19(18)27-20;/h4-5,9-10,17H,3,6-8,11-15H2,1-2H3,(H2,22,23,24);1H. The van der Waals surface area contributed by atoms with Crippen LogP contribution in [0.4, 0.5) is 0 Å². The van der Waals surface area contributed by atoms with Crippen LogP contribution < -0.4 is 10.6 Å². The highest BCUT2D eigenvalue weighted by molar-refractivity contribution is 14.0. The van der Waals surface area contributed by atoms with Crippen LogP contribution in [-0.4, -0.2) is 45.0 Å². The molecule has 0 spiro atoms. The number of ether oxygens (including phenoxy) is 2. The first kappa shape index (κ1) is 23.0. The van der Waals surface area contributed by atoms with E-state index in [0.29, 0.717) is 19.3 Å². The Balaban J connectivity index is 0.00000280. The van der Waals surface area contributed by atoms with Gasteiger partial charge in [0.15, 0.2) is 5.96 Å². The Hall–Kier alpha value is -1.32. The van der Waals surface area contributed by atoms with Crippen LogP contribution in [0.25, 0.3) is 11.0 Å². The SMILES string of the molecule is CCNC(=NCc1oc2ccccc2c1C)NCCCOCC1CCCO1.I. The number of hydrogen-bond acceptors (Lipinski definition) is 4. The van der Waals surface area contributed by atoms with Crippen molar-refractivity contribution in [3.05, 3.63) is 35.6 Å².